The van der Waals surface area contributed by atoms with Crippen LogP contribution in [0.25, 0.3) is 0 Å². The molecule has 29 heavy (non-hydrogen) atoms. The zero-order valence-electron chi connectivity index (χ0n) is 17.0. The van der Waals surface area contributed by atoms with E-state index in [9.17, 15) is 0 Å². The molecule has 7 heteroatoms. The minimum atomic E-state index is 0.268. The maximum atomic E-state index is 5.59. The first kappa shape index (κ1) is 19.7. The molecule has 3 heterocycles. The second-order valence-corrected chi connectivity index (χ2v) is 7.99. The summed E-state index contributed by atoms with van der Waals surface area (Å²) in [6.45, 7) is 3.79. The number of methoxy groups -OCH3 is 2. The third-order valence-corrected chi connectivity index (χ3v) is 6.10. The number of hydrogen-bond acceptors (Lipinski definition) is 7. The average molecular weight is 411 g/mol. The molecule has 1 unspecified atom stereocenters. The van der Waals surface area contributed by atoms with Gasteiger partial charge >= 0.3 is 0 Å². The summed E-state index contributed by atoms with van der Waals surface area (Å²) in [5, 5.41) is 6.23. The van der Waals surface area contributed by atoms with Gasteiger partial charge in [0.1, 0.15) is 17.3 Å². The summed E-state index contributed by atoms with van der Waals surface area (Å²) in [7, 11) is 3.41. The highest BCUT2D eigenvalue weighted by molar-refractivity contribution is 7.13. The van der Waals surface area contributed by atoms with Gasteiger partial charge in [0.25, 0.3) is 0 Å². The maximum Gasteiger partial charge on any atom is 0.188 e. The van der Waals surface area contributed by atoms with Crippen molar-refractivity contribution in [2.24, 2.45) is 0 Å². The van der Waals surface area contributed by atoms with Gasteiger partial charge in [0.15, 0.2) is 5.13 Å². The summed E-state index contributed by atoms with van der Waals surface area (Å²) >= 11 is 1.59. The second kappa shape index (κ2) is 8.80. The average Bonchev–Trinajstić information content (AvgIpc) is 3.37. The van der Waals surface area contributed by atoms with E-state index in [2.05, 4.69) is 27.3 Å². The highest BCUT2D eigenvalue weighted by Gasteiger charge is 2.29. The van der Waals surface area contributed by atoms with Crippen LogP contribution in [0.4, 0.5) is 10.9 Å². The van der Waals surface area contributed by atoms with Gasteiger partial charge in [-0.2, -0.15) is 0 Å². The van der Waals surface area contributed by atoms with Crippen molar-refractivity contribution in [3.63, 3.8) is 0 Å². The molecule has 4 rings (SSSR count). The molecule has 0 amide bonds. The Morgan fingerprint density at radius 1 is 1.10 bits per heavy atom. The third kappa shape index (κ3) is 4.36. The van der Waals surface area contributed by atoms with Crippen molar-refractivity contribution < 1.29 is 9.47 Å². The molecule has 3 aromatic rings. The van der Waals surface area contributed by atoms with Gasteiger partial charge in [0.05, 0.1) is 37.2 Å². The van der Waals surface area contributed by atoms with Crippen molar-refractivity contribution in [1.82, 2.24) is 14.9 Å². The smallest absolute Gasteiger partial charge is 0.188 e. The highest BCUT2D eigenvalue weighted by Crippen LogP contribution is 2.37. The molecule has 1 aliphatic heterocycles. The largest absolute Gasteiger partial charge is 0.496 e. The number of benzene rings is 1. The van der Waals surface area contributed by atoms with Crippen molar-refractivity contribution in [2.75, 3.05) is 26.1 Å². The van der Waals surface area contributed by atoms with Crippen LogP contribution < -0.4 is 14.8 Å². The molecular weight excluding hydrogens is 384 g/mol. The lowest BCUT2D eigenvalue weighted by Crippen LogP contribution is -2.24. The number of nitrogens with one attached hydrogen (secondary N) is 1. The number of nitrogens with zero attached hydrogens (tertiary/aromatic N) is 3. The molecule has 6 nitrogen and oxygen atoms in total. The third-order valence-electron chi connectivity index (χ3n) is 5.22. The molecule has 1 fully saturated rings. The normalized spacial score (nSPS) is 16.7. The summed E-state index contributed by atoms with van der Waals surface area (Å²) in [4.78, 5) is 11.8. The van der Waals surface area contributed by atoms with Gasteiger partial charge in [-0.05, 0) is 50.6 Å². The predicted molar refractivity (Wildman–Crippen MR) is 116 cm³/mol. The quantitative estimate of drug-likeness (QED) is 0.595. The van der Waals surface area contributed by atoms with E-state index in [1.807, 2.05) is 36.6 Å². The summed E-state index contributed by atoms with van der Waals surface area (Å²) in [6, 6.07) is 12.4. The fourth-order valence-corrected chi connectivity index (χ4v) is 4.56. The van der Waals surface area contributed by atoms with Crippen LogP contribution in [0.2, 0.25) is 0 Å². The first-order valence-electron chi connectivity index (χ1n) is 9.78. The number of aryl methyl sites for hydroxylation is 1. The van der Waals surface area contributed by atoms with E-state index in [4.69, 9.17) is 14.5 Å². The fourth-order valence-electron chi connectivity index (χ4n) is 3.86. The van der Waals surface area contributed by atoms with Crippen LogP contribution in [0.15, 0.2) is 41.8 Å². The molecule has 1 aromatic carbocycles. The van der Waals surface area contributed by atoms with E-state index < -0.39 is 0 Å². The van der Waals surface area contributed by atoms with Gasteiger partial charge in [-0.3, -0.25) is 4.90 Å². The van der Waals surface area contributed by atoms with Crippen molar-refractivity contribution >= 4 is 22.3 Å². The molecule has 2 aromatic heterocycles. The predicted octanol–water partition coefficient (Wildman–Crippen LogP) is 4.94. The fraction of sp³-hybridized carbons (Fsp3) is 0.364. The zero-order valence-corrected chi connectivity index (χ0v) is 17.8. The van der Waals surface area contributed by atoms with Crippen LogP contribution in [-0.4, -0.2) is 35.6 Å². The van der Waals surface area contributed by atoms with Crippen molar-refractivity contribution in [2.45, 2.75) is 32.4 Å². The molecule has 1 atom stereocenters. The number of hydrogen-bond donors (Lipinski definition) is 1. The Kier molecular flexibility index (Phi) is 5.97. The van der Waals surface area contributed by atoms with Gasteiger partial charge in [0, 0.05) is 11.9 Å². The minimum absolute atomic E-state index is 0.268. The first-order valence-corrected chi connectivity index (χ1v) is 10.7. The highest BCUT2D eigenvalue weighted by atomic mass is 32.1. The number of anilines is 2. The van der Waals surface area contributed by atoms with Crippen LogP contribution in [-0.2, 0) is 6.54 Å². The lowest BCUT2D eigenvalue weighted by Gasteiger charge is -2.26. The van der Waals surface area contributed by atoms with Crippen LogP contribution in [0.5, 0.6) is 11.5 Å². The number of ether oxygens (including phenoxy) is 2. The molecule has 1 saturated heterocycles. The summed E-state index contributed by atoms with van der Waals surface area (Å²) in [5.74, 6) is 2.55. The Hall–Kier alpha value is -2.64. The Morgan fingerprint density at radius 3 is 2.55 bits per heavy atom. The van der Waals surface area contributed by atoms with Gasteiger partial charge in [-0.15, -0.1) is 11.3 Å². The number of thiazole rings is 1. The summed E-state index contributed by atoms with van der Waals surface area (Å²) in [5.41, 5.74) is 3.17. The Morgan fingerprint density at radius 2 is 1.86 bits per heavy atom. The molecule has 0 aliphatic carbocycles. The topological polar surface area (TPSA) is 59.5 Å². The van der Waals surface area contributed by atoms with Gasteiger partial charge in [0.2, 0.25) is 0 Å². The van der Waals surface area contributed by atoms with Crippen LogP contribution in [0.3, 0.4) is 0 Å². The Bertz CT molecular complexity index is 953. The van der Waals surface area contributed by atoms with Gasteiger partial charge in [-0.25, -0.2) is 9.97 Å². The van der Waals surface area contributed by atoms with E-state index in [-0.39, 0.29) is 6.04 Å². The molecule has 0 bridgehead atoms. The molecule has 0 saturated carbocycles. The maximum absolute atomic E-state index is 5.59. The van der Waals surface area contributed by atoms with Crippen molar-refractivity contribution in [3.8, 4) is 11.5 Å². The van der Waals surface area contributed by atoms with E-state index in [1.54, 1.807) is 25.6 Å². The zero-order chi connectivity index (χ0) is 20.2. The molecule has 1 N–H and O–H groups in total. The van der Waals surface area contributed by atoms with E-state index in [1.165, 1.54) is 0 Å². The SMILES string of the molecule is COc1cccc(OC)c1CN1CCCC1c1cccc(Nc2nc(C)cs2)n1. The number of pyridine rings is 1. The van der Waals surface area contributed by atoms with Crippen molar-refractivity contribution in [1.29, 1.82) is 0 Å². The summed E-state index contributed by atoms with van der Waals surface area (Å²) in [6.07, 6.45) is 2.23. The lowest BCUT2D eigenvalue weighted by atomic mass is 10.1. The van der Waals surface area contributed by atoms with E-state index >= 15 is 0 Å². The van der Waals surface area contributed by atoms with Crippen molar-refractivity contribution in [3.05, 3.63) is 58.7 Å². The van der Waals surface area contributed by atoms with Gasteiger partial charge < -0.3 is 14.8 Å². The van der Waals surface area contributed by atoms with Crippen LogP contribution in [0, 0.1) is 6.92 Å². The second-order valence-electron chi connectivity index (χ2n) is 7.14. The molecule has 0 spiro atoms. The monoisotopic (exact) mass is 410 g/mol. The summed E-state index contributed by atoms with van der Waals surface area (Å²) < 4.78 is 11.2. The molecular formula is C22H26N4O2S. The van der Waals surface area contributed by atoms with Gasteiger partial charge in [-0.1, -0.05) is 12.1 Å². The minimum Gasteiger partial charge on any atom is -0.496 e. The van der Waals surface area contributed by atoms with E-state index in [0.29, 0.717) is 0 Å². The molecule has 0 radical (unpaired) electrons. The Balaban J connectivity index is 1.55. The van der Waals surface area contributed by atoms with E-state index in [0.717, 1.165) is 65.3 Å². The van der Waals surface area contributed by atoms with Crippen LogP contribution in [0.1, 0.15) is 35.8 Å². The number of rotatable bonds is 7. The van der Waals surface area contributed by atoms with Crippen LogP contribution >= 0.6 is 11.3 Å². The Labute approximate surface area is 175 Å². The first-order chi connectivity index (χ1) is 14.2. The number of likely N-dealkylation sites (tertiary alicyclic amines) is 1. The molecule has 152 valence electrons. The standard InChI is InChI=1S/C22H26N4O2S/c1-15-14-29-22(23-15)25-21-11-4-7-17(24-21)18-8-6-12-26(18)13-16-19(27-2)9-5-10-20(16)28-3/h4-5,7,9-11,14,18H,6,8,12-13H2,1-3H3,(H,23,24,25). The molecule has 1 aliphatic rings. The number of aromatic nitrogens is 2. The lowest BCUT2D eigenvalue weighted by molar-refractivity contribution is 0.236.